The highest BCUT2D eigenvalue weighted by Gasteiger charge is 2.18. The minimum Gasteiger partial charge on any atom is -0.465 e. The maximum atomic E-state index is 11.6. The molecule has 0 spiro atoms. The van der Waals surface area contributed by atoms with Crippen molar-refractivity contribution in [2.45, 2.75) is 6.10 Å². The molecule has 6 heteroatoms. The molecule has 0 radical (unpaired) electrons. The van der Waals surface area contributed by atoms with Gasteiger partial charge in [0.15, 0.2) is 11.5 Å². The minimum atomic E-state index is -0.922. The Morgan fingerprint density at radius 1 is 1.19 bits per heavy atom. The Hall–Kier alpha value is -2.73. The van der Waals surface area contributed by atoms with Gasteiger partial charge >= 0.3 is 5.97 Å². The number of methoxy groups -OCH3 is 1. The molecular weight excluding hydrogens is 270 g/mol. The number of carbonyl (C=O) groups is 1. The Labute approximate surface area is 120 Å². The molecule has 106 valence electrons. The first-order valence-corrected chi connectivity index (χ1v) is 6.36. The summed E-state index contributed by atoms with van der Waals surface area (Å²) in [7, 11) is 1.32. The second kappa shape index (κ2) is 5.34. The van der Waals surface area contributed by atoms with Crippen molar-refractivity contribution in [1.82, 2.24) is 14.6 Å². The molecule has 0 saturated heterocycles. The van der Waals surface area contributed by atoms with Crippen LogP contribution < -0.4 is 0 Å². The summed E-state index contributed by atoms with van der Waals surface area (Å²) < 4.78 is 6.28. The van der Waals surface area contributed by atoms with Crippen molar-refractivity contribution in [1.29, 1.82) is 0 Å². The van der Waals surface area contributed by atoms with Gasteiger partial charge in [0, 0.05) is 6.20 Å². The summed E-state index contributed by atoms with van der Waals surface area (Å²) in [4.78, 5) is 11.6. The molecule has 2 heterocycles. The number of esters is 1. The predicted octanol–water partition coefficient (Wildman–Crippen LogP) is 1.60. The highest BCUT2D eigenvalue weighted by molar-refractivity contribution is 5.89. The van der Waals surface area contributed by atoms with E-state index in [0.29, 0.717) is 22.6 Å². The number of aromatic nitrogens is 3. The molecule has 3 aromatic rings. The number of nitrogens with zero attached hydrogens (tertiary/aromatic N) is 3. The van der Waals surface area contributed by atoms with E-state index in [-0.39, 0.29) is 0 Å². The highest BCUT2D eigenvalue weighted by Crippen LogP contribution is 2.21. The zero-order valence-electron chi connectivity index (χ0n) is 11.3. The molecule has 0 fully saturated rings. The molecule has 0 bridgehead atoms. The third-order valence-electron chi connectivity index (χ3n) is 3.21. The largest absolute Gasteiger partial charge is 0.465 e. The average Bonchev–Trinajstić information content (AvgIpc) is 2.97. The van der Waals surface area contributed by atoms with Gasteiger partial charge in [0.1, 0.15) is 6.10 Å². The molecule has 1 atom stereocenters. The van der Waals surface area contributed by atoms with Crippen LogP contribution in [0.25, 0.3) is 5.65 Å². The van der Waals surface area contributed by atoms with Crippen molar-refractivity contribution in [3.8, 4) is 0 Å². The zero-order valence-corrected chi connectivity index (χ0v) is 11.3. The van der Waals surface area contributed by atoms with Gasteiger partial charge < -0.3 is 9.84 Å². The van der Waals surface area contributed by atoms with Crippen LogP contribution in [0.5, 0.6) is 0 Å². The lowest BCUT2D eigenvalue weighted by Gasteiger charge is -2.09. The van der Waals surface area contributed by atoms with Gasteiger partial charge in [-0.05, 0) is 17.7 Å². The van der Waals surface area contributed by atoms with E-state index in [4.69, 9.17) is 4.74 Å². The third kappa shape index (κ3) is 2.36. The number of fused-ring (bicyclic) bond motifs is 1. The van der Waals surface area contributed by atoms with Gasteiger partial charge in [-0.25, -0.2) is 4.79 Å². The number of pyridine rings is 1. The lowest BCUT2D eigenvalue weighted by atomic mass is 10.1. The first-order valence-electron chi connectivity index (χ1n) is 6.36. The van der Waals surface area contributed by atoms with E-state index in [9.17, 15) is 9.90 Å². The van der Waals surface area contributed by atoms with Crippen LogP contribution in [0.4, 0.5) is 0 Å². The molecule has 21 heavy (non-hydrogen) atoms. The summed E-state index contributed by atoms with van der Waals surface area (Å²) in [5.74, 6) is -0.104. The molecule has 6 nitrogen and oxygen atoms in total. The number of hydrogen-bond acceptors (Lipinski definition) is 5. The minimum absolute atomic E-state index is 0.349. The van der Waals surface area contributed by atoms with Crippen LogP contribution in [0.3, 0.4) is 0 Å². The number of benzene rings is 1. The van der Waals surface area contributed by atoms with E-state index in [1.165, 1.54) is 7.11 Å². The normalized spacial score (nSPS) is 12.3. The summed E-state index contributed by atoms with van der Waals surface area (Å²) >= 11 is 0. The molecule has 0 aliphatic heterocycles. The SMILES string of the molecule is COC(=O)c1ccc2nnc(C(O)c3ccccc3)n2c1. The quantitative estimate of drug-likeness (QED) is 0.739. The first kappa shape index (κ1) is 13.3. The van der Waals surface area contributed by atoms with E-state index in [2.05, 4.69) is 10.2 Å². The van der Waals surface area contributed by atoms with E-state index in [0.717, 1.165) is 0 Å². The zero-order chi connectivity index (χ0) is 14.8. The smallest absolute Gasteiger partial charge is 0.339 e. The maximum absolute atomic E-state index is 11.6. The Morgan fingerprint density at radius 2 is 1.95 bits per heavy atom. The van der Waals surface area contributed by atoms with Gasteiger partial charge in [-0.3, -0.25) is 4.40 Å². The standard InChI is InChI=1S/C15H13N3O3/c1-21-15(20)11-7-8-12-16-17-14(18(12)9-11)13(19)10-5-3-2-4-6-10/h2-9,13,19H,1H3. The third-order valence-corrected chi connectivity index (χ3v) is 3.21. The van der Waals surface area contributed by atoms with Gasteiger partial charge in [-0.1, -0.05) is 30.3 Å². The molecule has 0 saturated carbocycles. The van der Waals surface area contributed by atoms with Gasteiger partial charge in [0.2, 0.25) is 0 Å². The van der Waals surface area contributed by atoms with Crippen LogP contribution in [-0.4, -0.2) is 32.8 Å². The Bertz CT molecular complexity index is 783. The van der Waals surface area contributed by atoms with Crippen LogP contribution in [0.1, 0.15) is 27.8 Å². The van der Waals surface area contributed by atoms with Crippen molar-refractivity contribution in [2.24, 2.45) is 0 Å². The van der Waals surface area contributed by atoms with Crippen LogP contribution in [-0.2, 0) is 4.74 Å². The lowest BCUT2D eigenvalue weighted by molar-refractivity contribution is 0.0600. The van der Waals surface area contributed by atoms with Crippen LogP contribution >= 0.6 is 0 Å². The fraction of sp³-hybridized carbons (Fsp3) is 0.133. The highest BCUT2D eigenvalue weighted by atomic mass is 16.5. The Balaban J connectivity index is 2.08. The first-order chi connectivity index (χ1) is 10.2. The fourth-order valence-electron chi connectivity index (χ4n) is 2.12. The summed E-state index contributed by atoms with van der Waals surface area (Å²) in [5.41, 5.74) is 1.62. The molecule has 0 amide bonds. The van der Waals surface area contributed by atoms with Crippen molar-refractivity contribution >= 4 is 11.6 Å². The van der Waals surface area contributed by atoms with E-state index in [1.54, 1.807) is 34.9 Å². The number of carbonyl (C=O) groups excluding carboxylic acids is 1. The van der Waals surface area contributed by atoms with E-state index in [1.807, 2.05) is 18.2 Å². The van der Waals surface area contributed by atoms with E-state index >= 15 is 0 Å². The summed E-state index contributed by atoms with van der Waals surface area (Å²) in [6.45, 7) is 0. The maximum Gasteiger partial charge on any atom is 0.339 e. The predicted molar refractivity (Wildman–Crippen MR) is 74.8 cm³/mol. The monoisotopic (exact) mass is 283 g/mol. The molecule has 1 aromatic carbocycles. The number of rotatable bonds is 3. The number of aliphatic hydroxyl groups excluding tert-OH is 1. The molecule has 3 rings (SSSR count). The molecule has 2 aromatic heterocycles. The summed E-state index contributed by atoms with van der Waals surface area (Å²) in [6.07, 6.45) is 0.636. The van der Waals surface area contributed by atoms with Crippen LogP contribution in [0, 0.1) is 0 Å². The lowest BCUT2D eigenvalue weighted by Crippen LogP contribution is -2.07. The summed E-state index contributed by atoms with van der Waals surface area (Å²) in [5, 5.41) is 18.4. The number of aliphatic hydroxyl groups is 1. The average molecular weight is 283 g/mol. The van der Waals surface area contributed by atoms with Crippen molar-refractivity contribution < 1.29 is 14.6 Å². The van der Waals surface area contributed by atoms with Crippen LogP contribution in [0.15, 0.2) is 48.7 Å². The molecule has 0 aliphatic carbocycles. The second-order valence-electron chi connectivity index (χ2n) is 4.51. The van der Waals surface area contributed by atoms with Crippen molar-refractivity contribution in [3.05, 3.63) is 65.6 Å². The number of ether oxygens (including phenoxy) is 1. The Morgan fingerprint density at radius 3 is 2.67 bits per heavy atom. The molecule has 0 aliphatic rings. The second-order valence-corrected chi connectivity index (χ2v) is 4.51. The number of hydrogen-bond donors (Lipinski definition) is 1. The van der Waals surface area contributed by atoms with Crippen LogP contribution in [0.2, 0.25) is 0 Å². The van der Waals surface area contributed by atoms with Gasteiger partial charge in [0.25, 0.3) is 0 Å². The van der Waals surface area contributed by atoms with Gasteiger partial charge in [-0.2, -0.15) is 0 Å². The molecular formula is C15H13N3O3. The topological polar surface area (TPSA) is 76.7 Å². The van der Waals surface area contributed by atoms with E-state index < -0.39 is 12.1 Å². The van der Waals surface area contributed by atoms with Crippen molar-refractivity contribution in [3.63, 3.8) is 0 Å². The fourth-order valence-corrected chi connectivity index (χ4v) is 2.12. The van der Waals surface area contributed by atoms with Crippen molar-refractivity contribution in [2.75, 3.05) is 7.11 Å². The summed E-state index contributed by atoms with van der Waals surface area (Å²) in [6, 6.07) is 12.4. The molecule has 1 unspecified atom stereocenters. The Kier molecular flexibility index (Phi) is 3.37. The van der Waals surface area contributed by atoms with Gasteiger partial charge in [0.05, 0.1) is 12.7 Å². The molecule has 1 N–H and O–H groups in total. The van der Waals surface area contributed by atoms with Gasteiger partial charge in [-0.15, -0.1) is 10.2 Å².